The van der Waals surface area contributed by atoms with Gasteiger partial charge in [-0.05, 0) is 57.6 Å². The predicted octanol–water partition coefficient (Wildman–Crippen LogP) is 13.3. The van der Waals surface area contributed by atoms with Crippen molar-refractivity contribution in [3.8, 4) is 33.4 Å². The SMILES string of the molecule is CC1(C)c2ccccc2-c2c(N(c3ccccc3-c3cccc4c3oc3ccccc34)c3cccc4c3-c3ccccc3C4(C)C)cccc21. The molecule has 0 amide bonds. The lowest BCUT2D eigenvalue weighted by Gasteiger charge is -2.32. The second kappa shape index (κ2) is 10.3. The Hall–Kier alpha value is -5.86. The molecule has 7 aromatic carbocycles. The summed E-state index contributed by atoms with van der Waals surface area (Å²) in [7, 11) is 0. The number of anilines is 3. The van der Waals surface area contributed by atoms with E-state index in [4.69, 9.17) is 4.42 Å². The van der Waals surface area contributed by atoms with Crippen molar-refractivity contribution in [3.63, 3.8) is 0 Å². The highest BCUT2D eigenvalue weighted by Gasteiger charge is 2.41. The third kappa shape index (κ3) is 3.85. The number of para-hydroxylation sites is 3. The van der Waals surface area contributed by atoms with Crippen LogP contribution in [-0.4, -0.2) is 0 Å². The first-order valence-electron chi connectivity index (χ1n) is 17.6. The third-order valence-electron chi connectivity index (χ3n) is 11.5. The second-order valence-corrected chi connectivity index (χ2v) is 14.9. The van der Waals surface area contributed by atoms with Crippen LogP contribution in [0.3, 0.4) is 0 Å². The molecule has 2 aliphatic rings. The number of nitrogens with zero attached hydrogens (tertiary/aromatic N) is 1. The monoisotopic (exact) mass is 643 g/mol. The van der Waals surface area contributed by atoms with Crippen LogP contribution in [0.15, 0.2) is 156 Å². The van der Waals surface area contributed by atoms with Crippen LogP contribution in [0.25, 0.3) is 55.3 Å². The summed E-state index contributed by atoms with van der Waals surface area (Å²) >= 11 is 0. The Labute approximate surface area is 293 Å². The van der Waals surface area contributed by atoms with Crippen LogP contribution in [0.5, 0.6) is 0 Å². The fraction of sp³-hybridized carbons (Fsp3) is 0.125. The van der Waals surface area contributed by atoms with Crippen molar-refractivity contribution >= 4 is 39.0 Å². The molecule has 0 aliphatic heterocycles. The van der Waals surface area contributed by atoms with Crippen LogP contribution in [0, 0.1) is 0 Å². The van der Waals surface area contributed by atoms with E-state index >= 15 is 0 Å². The maximum Gasteiger partial charge on any atom is 0.143 e. The molecule has 0 atom stereocenters. The first-order valence-corrected chi connectivity index (χ1v) is 17.6. The van der Waals surface area contributed by atoms with Crippen LogP contribution in [0.1, 0.15) is 49.9 Å². The molecule has 0 unspecified atom stereocenters. The van der Waals surface area contributed by atoms with Crippen LogP contribution >= 0.6 is 0 Å². The van der Waals surface area contributed by atoms with Gasteiger partial charge in [-0.2, -0.15) is 0 Å². The summed E-state index contributed by atoms with van der Waals surface area (Å²) in [6.07, 6.45) is 0. The summed E-state index contributed by atoms with van der Waals surface area (Å²) in [4.78, 5) is 2.55. The molecule has 1 aromatic heterocycles. The zero-order valence-corrected chi connectivity index (χ0v) is 28.8. The summed E-state index contributed by atoms with van der Waals surface area (Å²) in [6.45, 7) is 9.45. The lowest BCUT2D eigenvalue weighted by molar-refractivity contribution is 0.660. The van der Waals surface area contributed by atoms with Crippen molar-refractivity contribution in [2.45, 2.75) is 38.5 Å². The third-order valence-corrected chi connectivity index (χ3v) is 11.5. The van der Waals surface area contributed by atoms with Crippen LogP contribution < -0.4 is 4.90 Å². The van der Waals surface area contributed by atoms with E-state index in [-0.39, 0.29) is 10.8 Å². The summed E-state index contributed by atoms with van der Waals surface area (Å²) in [6, 6.07) is 55.5. The highest BCUT2D eigenvalue weighted by atomic mass is 16.3. The lowest BCUT2D eigenvalue weighted by Crippen LogP contribution is -2.17. The molecule has 1 heterocycles. The first kappa shape index (κ1) is 29.1. The predicted molar refractivity (Wildman–Crippen MR) is 209 cm³/mol. The van der Waals surface area contributed by atoms with E-state index in [1.165, 1.54) is 55.9 Å². The van der Waals surface area contributed by atoms with Crippen molar-refractivity contribution in [1.82, 2.24) is 0 Å². The van der Waals surface area contributed by atoms with Gasteiger partial charge in [0.1, 0.15) is 11.2 Å². The molecule has 2 heteroatoms. The standard InChI is InChI=1S/C48H37NO/c1-47(2)36-22-9-5-18-34(36)44-38(47)24-14-27-41(44)49(42-28-15-25-39-45(42)35-19-6-10-23-37(35)48(39,3)4)40-26-11-7-16-30(40)32-20-13-21-33-31-17-8-12-29-43(31)50-46(32)33/h5-29H,1-4H3. The zero-order valence-electron chi connectivity index (χ0n) is 28.8. The Morgan fingerprint density at radius 2 is 0.820 bits per heavy atom. The van der Waals surface area contributed by atoms with Crippen LogP contribution in [0.2, 0.25) is 0 Å². The molecular weight excluding hydrogens is 607 g/mol. The van der Waals surface area contributed by atoms with E-state index in [1.807, 2.05) is 6.07 Å². The summed E-state index contributed by atoms with van der Waals surface area (Å²) < 4.78 is 6.66. The molecule has 0 radical (unpaired) electrons. The number of hydrogen-bond donors (Lipinski definition) is 0. The number of benzene rings is 7. The molecule has 50 heavy (non-hydrogen) atoms. The number of rotatable bonds is 4. The molecule has 240 valence electrons. The van der Waals surface area contributed by atoms with Crippen molar-refractivity contribution in [2.75, 3.05) is 4.90 Å². The highest BCUT2D eigenvalue weighted by molar-refractivity contribution is 6.11. The molecule has 10 rings (SSSR count). The Bertz CT molecular complexity index is 2560. The van der Waals surface area contributed by atoms with Gasteiger partial charge in [-0.25, -0.2) is 0 Å². The summed E-state index contributed by atoms with van der Waals surface area (Å²) in [5.41, 5.74) is 17.9. The Balaban J connectivity index is 1.32. The van der Waals surface area contributed by atoms with Crippen LogP contribution in [-0.2, 0) is 10.8 Å². The van der Waals surface area contributed by atoms with Gasteiger partial charge in [0, 0.05) is 43.9 Å². The maximum atomic E-state index is 6.66. The number of hydrogen-bond acceptors (Lipinski definition) is 2. The molecule has 0 fully saturated rings. The fourth-order valence-corrected chi connectivity index (χ4v) is 9.09. The second-order valence-electron chi connectivity index (χ2n) is 14.9. The fourth-order valence-electron chi connectivity index (χ4n) is 9.09. The summed E-state index contributed by atoms with van der Waals surface area (Å²) in [5.74, 6) is 0. The molecular formula is C48H37NO. The molecule has 2 aliphatic carbocycles. The molecule has 0 spiro atoms. The Morgan fingerprint density at radius 3 is 1.46 bits per heavy atom. The van der Waals surface area contributed by atoms with Gasteiger partial charge in [-0.15, -0.1) is 0 Å². The van der Waals surface area contributed by atoms with Crippen molar-refractivity contribution in [1.29, 1.82) is 0 Å². The molecule has 2 nitrogen and oxygen atoms in total. The lowest BCUT2D eigenvalue weighted by atomic mass is 9.82. The van der Waals surface area contributed by atoms with Crippen LogP contribution in [0.4, 0.5) is 17.1 Å². The van der Waals surface area contributed by atoms with Crippen molar-refractivity contribution in [3.05, 3.63) is 174 Å². The Kier molecular flexibility index (Phi) is 6.01. The minimum absolute atomic E-state index is 0.125. The topological polar surface area (TPSA) is 16.4 Å². The highest BCUT2D eigenvalue weighted by Crippen LogP contribution is 2.58. The van der Waals surface area contributed by atoms with Gasteiger partial charge >= 0.3 is 0 Å². The van der Waals surface area contributed by atoms with Gasteiger partial charge in [-0.1, -0.05) is 155 Å². The van der Waals surface area contributed by atoms with E-state index in [0.717, 1.165) is 38.8 Å². The first-order chi connectivity index (χ1) is 24.4. The van der Waals surface area contributed by atoms with Gasteiger partial charge in [0.25, 0.3) is 0 Å². The smallest absolute Gasteiger partial charge is 0.143 e. The Morgan fingerprint density at radius 1 is 0.380 bits per heavy atom. The van der Waals surface area contributed by atoms with Gasteiger partial charge in [0.2, 0.25) is 0 Å². The average molecular weight is 644 g/mol. The van der Waals surface area contributed by atoms with Gasteiger partial charge < -0.3 is 9.32 Å². The quantitative estimate of drug-likeness (QED) is 0.190. The van der Waals surface area contributed by atoms with E-state index in [9.17, 15) is 0 Å². The minimum Gasteiger partial charge on any atom is -0.455 e. The molecule has 0 saturated heterocycles. The van der Waals surface area contributed by atoms with Crippen molar-refractivity contribution in [2.24, 2.45) is 0 Å². The molecule has 8 aromatic rings. The van der Waals surface area contributed by atoms with E-state index < -0.39 is 0 Å². The normalized spacial score (nSPS) is 14.7. The van der Waals surface area contributed by atoms with E-state index in [1.54, 1.807) is 0 Å². The largest absolute Gasteiger partial charge is 0.455 e. The average Bonchev–Trinajstić information content (AvgIpc) is 3.73. The molecule has 0 N–H and O–H groups in total. The van der Waals surface area contributed by atoms with E-state index in [2.05, 4.69) is 178 Å². The minimum atomic E-state index is -0.125. The maximum absolute atomic E-state index is 6.66. The van der Waals surface area contributed by atoms with E-state index in [0.29, 0.717) is 0 Å². The van der Waals surface area contributed by atoms with Crippen molar-refractivity contribution < 1.29 is 4.42 Å². The van der Waals surface area contributed by atoms with Gasteiger partial charge in [0.05, 0.1) is 17.1 Å². The van der Waals surface area contributed by atoms with Gasteiger partial charge in [0.15, 0.2) is 0 Å². The van der Waals surface area contributed by atoms with Gasteiger partial charge in [-0.3, -0.25) is 0 Å². The number of furan rings is 1. The zero-order chi connectivity index (χ0) is 33.8. The summed E-state index contributed by atoms with van der Waals surface area (Å²) in [5, 5.41) is 2.27. The molecule has 0 bridgehead atoms. The number of fused-ring (bicyclic) bond motifs is 9. The molecule has 0 saturated carbocycles.